The van der Waals surface area contributed by atoms with Crippen molar-refractivity contribution in [3.63, 3.8) is 0 Å². The van der Waals surface area contributed by atoms with E-state index in [1.165, 1.54) is 0 Å². The second-order valence-electron chi connectivity index (χ2n) is 8.69. The Labute approximate surface area is 215 Å². The van der Waals surface area contributed by atoms with Gasteiger partial charge in [-0.3, -0.25) is 14.6 Å². The van der Waals surface area contributed by atoms with Crippen molar-refractivity contribution < 1.29 is 9.90 Å². The number of carboxylic acid groups (broad SMARTS) is 1. The fourth-order valence-electron chi connectivity index (χ4n) is 4.05. The summed E-state index contributed by atoms with van der Waals surface area (Å²) >= 11 is 6.41. The molecule has 0 spiro atoms. The van der Waals surface area contributed by atoms with E-state index in [1.54, 1.807) is 12.4 Å². The predicted octanol–water partition coefficient (Wildman–Crippen LogP) is 2.90. The summed E-state index contributed by atoms with van der Waals surface area (Å²) in [5.41, 5.74) is 9.04. The van der Waals surface area contributed by atoms with Crippen LogP contribution in [0.3, 0.4) is 0 Å². The molecule has 0 unspecified atom stereocenters. The van der Waals surface area contributed by atoms with Gasteiger partial charge in [0.1, 0.15) is 5.82 Å². The van der Waals surface area contributed by atoms with E-state index in [-0.39, 0.29) is 6.54 Å². The maximum Gasteiger partial charge on any atom is 0.317 e. The van der Waals surface area contributed by atoms with Gasteiger partial charge in [-0.2, -0.15) is 0 Å². The van der Waals surface area contributed by atoms with Crippen LogP contribution in [0.2, 0.25) is 5.02 Å². The molecule has 0 aliphatic carbocycles. The van der Waals surface area contributed by atoms with Crippen LogP contribution in [-0.4, -0.2) is 81.6 Å². The summed E-state index contributed by atoms with van der Waals surface area (Å²) in [7, 11) is 0. The van der Waals surface area contributed by atoms with Crippen LogP contribution in [0.1, 0.15) is 12.0 Å². The molecule has 0 amide bonds. The summed E-state index contributed by atoms with van der Waals surface area (Å²) in [6, 6.07) is 11.6. The van der Waals surface area contributed by atoms with Crippen molar-refractivity contribution in [3.05, 3.63) is 59.4 Å². The van der Waals surface area contributed by atoms with E-state index in [9.17, 15) is 4.79 Å². The van der Waals surface area contributed by atoms with Crippen molar-refractivity contribution >= 4 is 35.0 Å². The van der Waals surface area contributed by atoms with Crippen molar-refractivity contribution in [2.75, 3.05) is 56.4 Å². The van der Waals surface area contributed by atoms with Gasteiger partial charge in [0.15, 0.2) is 0 Å². The molecule has 0 bridgehead atoms. The Bertz CT molecular complexity index is 1150. The lowest BCUT2D eigenvalue weighted by molar-refractivity contribution is -0.138. The molecule has 5 N–H and O–H groups in total. The Kier molecular flexibility index (Phi) is 9.01. The van der Waals surface area contributed by atoms with Crippen LogP contribution < -0.4 is 16.4 Å². The molecule has 1 aliphatic rings. The Hall–Kier alpha value is -3.31. The largest absolute Gasteiger partial charge is 0.480 e. The van der Waals surface area contributed by atoms with Gasteiger partial charge in [0, 0.05) is 67.9 Å². The fraction of sp³-hybridized carbons (Fsp3) is 0.360. The number of piperazine rings is 1. The smallest absolute Gasteiger partial charge is 0.317 e. The quantitative estimate of drug-likeness (QED) is 0.285. The lowest BCUT2D eigenvalue weighted by Gasteiger charge is -2.33. The van der Waals surface area contributed by atoms with Crippen LogP contribution in [0.4, 0.5) is 17.5 Å². The highest BCUT2D eigenvalue weighted by atomic mass is 35.5. The monoisotopic (exact) mass is 510 g/mol. The SMILES string of the molecule is NCCCNc1ccc(-c2ccnc(Nc3cc(Cl)cc(CN4CCN(CC(=O)O)CC4)c3)n2)cn1. The molecular weight excluding hydrogens is 480 g/mol. The van der Waals surface area contributed by atoms with Crippen LogP contribution in [0.25, 0.3) is 11.3 Å². The number of carbonyl (C=O) groups is 1. The van der Waals surface area contributed by atoms with E-state index in [2.05, 4.69) is 30.5 Å². The van der Waals surface area contributed by atoms with E-state index in [0.29, 0.717) is 17.5 Å². The Morgan fingerprint density at radius 1 is 1.08 bits per heavy atom. The lowest BCUT2D eigenvalue weighted by atomic mass is 10.1. The number of nitrogens with zero attached hydrogens (tertiary/aromatic N) is 5. The number of hydrogen-bond donors (Lipinski definition) is 4. The minimum atomic E-state index is -0.788. The molecule has 3 aromatic rings. The van der Waals surface area contributed by atoms with Gasteiger partial charge in [-0.25, -0.2) is 15.0 Å². The minimum absolute atomic E-state index is 0.0873. The molecule has 190 valence electrons. The second kappa shape index (κ2) is 12.6. The molecule has 4 rings (SSSR count). The van der Waals surface area contributed by atoms with Crippen LogP contribution in [-0.2, 0) is 11.3 Å². The molecule has 1 fully saturated rings. The molecule has 0 saturated carbocycles. The number of hydrogen-bond acceptors (Lipinski definition) is 9. The number of aromatic nitrogens is 3. The first-order valence-electron chi connectivity index (χ1n) is 11.9. The van der Waals surface area contributed by atoms with Crippen LogP contribution >= 0.6 is 11.6 Å². The van der Waals surface area contributed by atoms with Gasteiger partial charge < -0.3 is 21.5 Å². The Balaban J connectivity index is 1.39. The first-order chi connectivity index (χ1) is 17.5. The summed E-state index contributed by atoms with van der Waals surface area (Å²) in [4.78, 5) is 28.6. The number of nitrogens with one attached hydrogen (secondary N) is 2. The highest BCUT2D eigenvalue weighted by Crippen LogP contribution is 2.24. The normalized spacial score (nSPS) is 14.5. The third-order valence-corrected chi connectivity index (χ3v) is 6.06. The highest BCUT2D eigenvalue weighted by molar-refractivity contribution is 6.31. The maximum absolute atomic E-state index is 10.9. The maximum atomic E-state index is 10.9. The molecule has 36 heavy (non-hydrogen) atoms. The summed E-state index contributed by atoms with van der Waals surface area (Å²) < 4.78 is 0. The number of anilines is 3. The summed E-state index contributed by atoms with van der Waals surface area (Å²) in [5, 5.41) is 16.1. The number of benzene rings is 1. The Morgan fingerprint density at radius 2 is 1.89 bits per heavy atom. The molecule has 2 aromatic heterocycles. The van der Waals surface area contributed by atoms with Crippen molar-refractivity contribution in [1.29, 1.82) is 0 Å². The lowest BCUT2D eigenvalue weighted by Crippen LogP contribution is -2.47. The van der Waals surface area contributed by atoms with Gasteiger partial charge in [0.2, 0.25) is 5.95 Å². The van der Waals surface area contributed by atoms with Gasteiger partial charge in [-0.15, -0.1) is 0 Å². The third-order valence-electron chi connectivity index (χ3n) is 5.85. The van der Waals surface area contributed by atoms with Gasteiger partial charge >= 0.3 is 5.97 Å². The topological polar surface area (TPSA) is 133 Å². The van der Waals surface area contributed by atoms with Crippen LogP contribution in [0.15, 0.2) is 48.8 Å². The predicted molar refractivity (Wildman–Crippen MR) is 142 cm³/mol. The van der Waals surface area contributed by atoms with E-state index in [4.69, 9.17) is 22.4 Å². The number of rotatable bonds is 11. The number of pyridine rings is 1. The molecule has 1 aromatic carbocycles. The van der Waals surface area contributed by atoms with Crippen molar-refractivity contribution in [1.82, 2.24) is 24.8 Å². The highest BCUT2D eigenvalue weighted by Gasteiger charge is 2.19. The van der Waals surface area contributed by atoms with Crippen molar-refractivity contribution in [2.24, 2.45) is 5.73 Å². The number of aliphatic carboxylic acids is 1. The molecule has 0 atom stereocenters. The van der Waals surface area contributed by atoms with Gasteiger partial charge in [-0.1, -0.05) is 11.6 Å². The summed E-state index contributed by atoms with van der Waals surface area (Å²) in [6.45, 7) is 5.33. The molecule has 1 aliphatic heterocycles. The third kappa shape index (κ3) is 7.59. The molecule has 11 heteroatoms. The first-order valence-corrected chi connectivity index (χ1v) is 12.3. The fourth-order valence-corrected chi connectivity index (χ4v) is 4.30. The summed E-state index contributed by atoms with van der Waals surface area (Å²) in [6.07, 6.45) is 4.38. The van der Waals surface area contributed by atoms with Crippen LogP contribution in [0, 0.1) is 0 Å². The number of halogens is 1. The van der Waals surface area contributed by atoms with Crippen molar-refractivity contribution in [3.8, 4) is 11.3 Å². The van der Waals surface area contributed by atoms with E-state index in [1.807, 2.05) is 41.3 Å². The van der Waals surface area contributed by atoms with Crippen molar-refractivity contribution in [2.45, 2.75) is 13.0 Å². The zero-order chi connectivity index (χ0) is 25.3. The summed E-state index contributed by atoms with van der Waals surface area (Å²) in [5.74, 6) is 0.478. The molecule has 0 radical (unpaired) electrons. The van der Waals surface area contributed by atoms with Gasteiger partial charge in [0.25, 0.3) is 0 Å². The van der Waals surface area contributed by atoms with Gasteiger partial charge in [0.05, 0.1) is 12.2 Å². The standard InChI is InChI=1S/C25H31ClN8O2/c26-20-12-18(16-33-8-10-34(11-9-33)17-24(35)36)13-21(14-20)31-25-29-7-4-22(32-25)19-2-3-23(30-15-19)28-6-1-5-27/h2-4,7,12-15H,1,5-6,8-11,16-17,27H2,(H,28,30)(H,35,36)(H,29,31,32). The van der Waals surface area contributed by atoms with E-state index in [0.717, 1.165) is 74.0 Å². The molecule has 3 heterocycles. The van der Waals surface area contributed by atoms with Crippen LogP contribution in [0.5, 0.6) is 0 Å². The Morgan fingerprint density at radius 3 is 2.61 bits per heavy atom. The average Bonchev–Trinajstić information content (AvgIpc) is 2.85. The molecular formula is C25H31ClN8O2. The van der Waals surface area contributed by atoms with Gasteiger partial charge in [-0.05, 0) is 54.9 Å². The molecule has 1 saturated heterocycles. The van der Waals surface area contributed by atoms with E-state index >= 15 is 0 Å². The zero-order valence-corrected chi connectivity index (χ0v) is 20.8. The first kappa shape index (κ1) is 25.8. The second-order valence-corrected chi connectivity index (χ2v) is 9.12. The van der Waals surface area contributed by atoms with E-state index < -0.39 is 5.97 Å². The number of nitrogens with two attached hydrogens (primary N) is 1. The zero-order valence-electron chi connectivity index (χ0n) is 20.0. The minimum Gasteiger partial charge on any atom is -0.480 e. The molecule has 10 nitrogen and oxygen atoms in total. The number of carboxylic acids is 1. The average molecular weight is 511 g/mol.